The zero-order valence-corrected chi connectivity index (χ0v) is 17.1. The van der Waals surface area contributed by atoms with Crippen LogP contribution in [0.5, 0.6) is 0 Å². The van der Waals surface area contributed by atoms with Gasteiger partial charge in [-0.15, -0.1) is 11.3 Å². The molecule has 6 nitrogen and oxygen atoms in total. The van der Waals surface area contributed by atoms with Gasteiger partial charge < -0.3 is 10.1 Å². The van der Waals surface area contributed by atoms with Gasteiger partial charge in [0.15, 0.2) is 17.7 Å². The van der Waals surface area contributed by atoms with E-state index in [0.717, 1.165) is 9.75 Å². The number of benzene rings is 1. The van der Waals surface area contributed by atoms with E-state index in [4.69, 9.17) is 4.74 Å². The van der Waals surface area contributed by atoms with Crippen molar-refractivity contribution in [3.8, 4) is 0 Å². The zero-order chi connectivity index (χ0) is 20.8. The Hall–Kier alpha value is -2.80. The lowest BCUT2D eigenvalue weighted by molar-refractivity contribution is -0.153. The standard InChI is InChI=1S/C21H23NO5S/c1-12-11-18(15(4)28-12)19(24)9-10-20(25)27-14(3)21(26)22-17-7-5-16(6-8-17)13(2)23/h5-8,11,14H,9-10H2,1-4H3,(H,22,26)/t14-/m0/s1. The van der Waals surface area contributed by atoms with Crippen LogP contribution in [0.2, 0.25) is 0 Å². The lowest BCUT2D eigenvalue weighted by Gasteiger charge is -2.13. The summed E-state index contributed by atoms with van der Waals surface area (Å²) in [4.78, 5) is 49.6. The van der Waals surface area contributed by atoms with E-state index in [1.165, 1.54) is 13.8 Å². The number of carbonyl (C=O) groups excluding carboxylic acids is 4. The third-order valence-corrected chi connectivity index (χ3v) is 5.10. The van der Waals surface area contributed by atoms with E-state index in [1.807, 2.05) is 19.9 Å². The van der Waals surface area contributed by atoms with Gasteiger partial charge in [-0.2, -0.15) is 0 Å². The van der Waals surface area contributed by atoms with Crippen LogP contribution in [0, 0.1) is 13.8 Å². The summed E-state index contributed by atoms with van der Waals surface area (Å²) in [5.74, 6) is -1.27. The van der Waals surface area contributed by atoms with E-state index < -0.39 is 18.0 Å². The van der Waals surface area contributed by atoms with Crippen molar-refractivity contribution in [1.82, 2.24) is 0 Å². The molecule has 0 aliphatic carbocycles. The predicted molar refractivity (Wildman–Crippen MR) is 108 cm³/mol. The molecule has 7 heteroatoms. The van der Waals surface area contributed by atoms with Crippen LogP contribution in [-0.2, 0) is 14.3 Å². The lowest BCUT2D eigenvalue weighted by atomic mass is 10.1. The highest BCUT2D eigenvalue weighted by Gasteiger charge is 2.20. The van der Waals surface area contributed by atoms with Crippen LogP contribution in [0.1, 0.15) is 57.2 Å². The summed E-state index contributed by atoms with van der Waals surface area (Å²) in [5.41, 5.74) is 1.67. The second-order valence-corrected chi connectivity index (χ2v) is 7.97. The number of rotatable bonds is 8. The van der Waals surface area contributed by atoms with E-state index in [1.54, 1.807) is 35.6 Å². The number of Topliss-reactive ketones (excluding diaryl/α,β-unsaturated/α-hetero) is 2. The molecule has 0 radical (unpaired) electrons. The summed E-state index contributed by atoms with van der Waals surface area (Å²) >= 11 is 1.54. The van der Waals surface area contributed by atoms with Crippen molar-refractivity contribution in [2.24, 2.45) is 0 Å². The topological polar surface area (TPSA) is 89.5 Å². The molecule has 0 unspecified atom stereocenters. The molecule has 2 rings (SSSR count). The fourth-order valence-electron chi connectivity index (χ4n) is 2.60. The molecule has 1 aromatic carbocycles. The van der Waals surface area contributed by atoms with Crippen molar-refractivity contribution >= 4 is 40.5 Å². The summed E-state index contributed by atoms with van der Waals surface area (Å²) in [5, 5.41) is 2.62. The van der Waals surface area contributed by atoms with Gasteiger partial charge in [-0.1, -0.05) is 0 Å². The number of amides is 1. The second kappa shape index (κ2) is 9.41. The quantitative estimate of drug-likeness (QED) is 0.531. The minimum Gasteiger partial charge on any atom is -0.453 e. The molecule has 2 aromatic rings. The third kappa shape index (κ3) is 5.85. The van der Waals surface area contributed by atoms with Crippen molar-refractivity contribution in [3.05, 3.63) is 51.2 Å². The van der Waals surface area contributed by atoms with Crippen LogP contribution in [0.15, 0.2) is 30.3 Å². The van der Waals surface area contributed by atoms with Gasteiger partial charge in [0.2, 0.25) is 0 Å². The highest BCUT2D eigenvalue weighted by atomic mass is 32.1. The molecular formula is C21H23NO5S. The smallest absolute Gasteiger partial charge is 0.307 e. The minimum absolute atomic E-state index is 0.0384. The SMILES string of the molecule is CC(=O)c1ccc(NC(=O)[C@H](C)OC(=O)CCC(=O)c2cc(C)sc2C)cc1. The van der Waals surface area contributed by atoms with Gasteiger partial charge >= 0.3 is 5.97 Å². The number of aryl methyl sites for hydroxylation is 2. The Bertz CT molecular complexity index is 898. The van der Waals surface area contributed by atoms with Crippen LogP contribution >= 0.6 is 11.3 Å². The van der Waals surface area contributed by atoms with Gasteiger partial charge in [-0.05, 0) is 58.0 Å². The monoisotopic (exact) mass is 401 g/mol. The molecule has 0 aliphatic rings. The molecule has 148 valence electrons. The first kappa shape index (κ1) is 21.5. The Morgan fingerprint density at radius 2 is 1.71 bits per heavy atom. The molecule has 0 aliphatic heterocycles. The van der Waals surface area contributed by atoms with Crippen LogP contribution in [0.3, 0.4) is 0 Å². The normalized spacial score (nSPS) is 11.6. The van der Waals surface area contributed by atoms with Gasteiger partial charge in [0.1, 0.15) is 0 Å². The second-order valence-electron chi connectivity index (χ2n) is 6.50. The largest absolute Gasteiger partial charge is 0.453 e. The lowest BCUT2D eigenvalue weighted by Crippen LogP contribution is -2.30. The summed E-state index contributed by atoms with van der Waals surface area (Å²) in [7, 11) is 0. The zero-order valence-electron chi connectivity index (χ0n) is 16.3. The molecule has 28 heavy (non-hydrogen) atoms. The van der Waals surface area contributed by atoms with Crippen LogP contribution < -0.4 is 5.32 Å². The van der Waals surface area contributed by atoms with Crippen molar-refractivity contribution < 1.29 is 23.9 Å². The first-order chi connectivity index (χ1) is 13.2. The molecule has 1 aromatic heterocycles. The number of carbonyl (C=O) groups is 4. The minimum atomic E-state index is -1.000. The Balaban J connectivity index is 1.82. The Morgan fingerprint density at radius 1 is 1.07 bits per heavy atom. The average molecular weight is 401 g/mol. The van der Waals surface area contributed by atoms with E-state index in [0.29, 0.717) is 16.8 Å². The maximum atomic E-state index is 12.2. The molecule has 0 fully saturated rings. The van der Waals surface area contributed by atoms with Gasteiger partial charge in [-0.3, -0.25) is 19.2 Å². The first-order valence-electron chi connectivity index (χ1n) is 8.89. The molecule has 1 atom stereocenters. The van der Waals surface area contributed by atoms with Crippen molar-refractivity contribution in [2.45, 2.75) is 46.6 Å². The Morgan fingerprint density at radius 3 is 2.25 bits per heavy atom. The highest BCUT2D eigenvalue weighted by molar-refractivity contribution is 7.12. The molecule has 1 amide bonds. The van der Waals surface area contributed by atoms with E-state index in [-0.39, 0.29) is 24.4 Å². The van der Waals surface area contributed by atoms with Gasteiger partial charge in [0.25, 0.3) is 5.91 Å². The number of esters is 1. The summed E-state index contributed by atoms with van der Waals surface area (Å²) in [6.45, 7) is 6.72. The number of nitrogens with one attached hydrogen (secondary N) is 1. The number of ketones is 2. The van der Waals surface area contributed by atoms with Crippen LogP contribution in [0.25, 0.3) is 0 Å². The predicted octanol–water partition coefficient (Wildman–Crippen LogP) is 4.10. The van der Waals surface area contributed by atoms with Gasteiger partial charge in [-0.25, -0.2) is 0 Å². The first-order valence-corrected chi connectivity index (χ1v) is 9.70. The molecular weight excluding hydrogens is 378 g/mol. The highest BCUT2D eigenvalue weighted by Crippen LogP contribution is 2.22. The van der Waals surface area contributed by atoms with Crippen molar-refractivity contribution in [3.63, 3.8) is 0 Å². The average Bonchev–Trinajstić information content (AvgIpc) is 2.98. The summed E-state index contributed by atoms with van der Waals surface area (Å²) < 4.78 is 5.11. The van der Waals surface area contributed by atoms with Crippen molar-refractivity contribution in [2.75, 3.05) is 5.32 Å². The van der Waals surface area contributed by atoms with Crippen LogP contribution in [-0.4, -0.2) is 29.5 Å². The summed E-state index contributed by atoms with van der Waals surface area (Å²) in [6.07, 6.45) is -1.05. The number of hydrogen-bond donors (Lipinski definition) is 1. The third-order valence-electron chi connectivity index (χ3n) is 4.13. The Kier molecular flexibility index (Phi) is 7.23. The molecule has 0 spiro atoms. The number of anilines is 1. The molecule has 1 N–H and O–H groups in total. The van der Waals surface area contributed by atoms with Gasteiger partial charge in [0.05, 0.1) is 6.42 Å². The van der Waals surface area contributed by atoms with Gasteiger partial charge in [0, 0.05) is 33.0 Å². The number of thiophene rings is 1. The van der Waals surface area contributed by atoms with E-state index in [9.17, 15) is 19.2 Å². The Labute approximate surface area is 167 Å². The van der Waals surface area contributed by atoms with Crippen molar-refractivity contribution in [1.29, 1.82) is 0 Å². The molecule has 0 saturated heterocycles. The fraction of sp³-hybridized carbons (Fsp3) is 0.333. The van der Waals surface area contributed by atoms with Crippen LogP contribution in [0.4, 0.5) is 5.69 Å². The summed E-state index contributed by atoms with van der Waals surface area (Å²) in [6, 6.07) is 8.24. The van der Waals surface area contributed by atoms with E-state index in [2.05, 4.69) is 5.32 Å². The molecule has 0 saturated carbocycles. The maximum absolute atomic E-state index is 12.2. The maximum Gasteiger partial charge on any atom is 0.307 e. The molecule has 0 bridgehead atoms. The van der Waals surface area contributed by atoms with E-state index >= 15 is 0 Å². The fourth-order valence-corrected chi connectivity index (χ4v) is 3.54. The molecule has 1 heterocycles. The number of hydrogen-bond acceptors (Lipinski definition) is 6. The number of ether oxygens (including phenoxy) is 1.